The van der Waals surface area contributed by atoms with E-state index in [9.17, 15) is 4.79 Å². The maximum atomic E-state index is 11.9. The zero-order valence-electron chi connectivity index (χ0n) is 12.9. The van der Waals surface area contributed by atoms with Gasteiger partial charge >= 0.3 is 5.97 Å². The Morgan fingerprint density at radius 3 is 2.91 bits per heavy atom. The molecular weight excluding hydrogens is 362 g/mol. The van der Waals surface area contributed by atoms with Crippen LogP contribution in [-0.4, -0.2) is 48.8 Å². The molecule has 1 aromatic heterocycles. The van der Waals surface area contributed by atoms with Gasteiger partial charge in [-0.25, -0.2) is 14.8 Å². The van der Waals surface area contributed by atoms with Gasteiger partial charge in [-0.2, -0.15) is 0 Å². The molecule has 0 amide bonds. The summed E-state index contributed by atoms with van der Waals surface area (Å²) in [7, 11) is 1.34. The second kappa shape index (κ2) is 6.46. The number of hydrogen-bond donors (Lipinski definition) is 0. The fraction of sp³-hybridized carbons (Fsp3) is 0.562. The molecule has 23 heavy (non-hydrogen) atoms. The Morgan fingerprint density at radius 1 is 1.57 bits per heavy atom. The van der Waals surface area contributed by atoms with E-state index in [2.05, 4.69) is 36.7 Å². The van der Waals surface area contributed by atoms with Crippen LogP contribution in [0.1, 0.15) is 29.8 Å². The summed E-state index contributed by atoms with van der Waals surface area (Å²) in [6.45, 7) is 2.30. The van der Waals surface area contributed by atoms with E-state index >= 15 is 0 Å². The number of methoxy groups -OCH3 is 1. The van der Waals surface area contributed by atoms with Crippen LogP contribution >= 0.6 is 15.9 Å². The minimum Gasteiger partial charge on any atom is -0.464 e. The molecule has 2 aliphatic rings. The quantitative estimate of drug-likeness (QED) is 0.578. The monoisotopic (exact) mass is 379 g/mol. The summed E-state index contributed by atoms with van der Waals surface area (Å²) in [5.41, 5.74) is 0.392. The average Bonchev–Trinajstić information content (AvgIpc) is 2.98. The largest absolute Gasteiger partial charge is 0.464 e. The first-order valence-corrected chi connectivity index (χ1v) is 8.30. The zero-order chi connectivity index (χ0) is 16.4. The van der Waals surface area contributed by atoms with Crippen LogP contribution in [0, 0.1) is 17.8 Å². The predicted octanol–water partition coefficient (Wildman–Crippen LogP) is 2.03. The lowest BCUT2D eigenvalue weighted by Gasteiger charge is -2.39. The van der Waals surface area contributed by atoms with E-state index in [1.54, 1.807) is 6.20 Å². The molecule has 1 aromatic rings. The molecule has 2 saturated heterocycles. The lowest BCUT2D eigenvalue weighted by atomic mass is 9.76. The predicted molar refractivity (Wildman–Crippen MR) is 88.1 cm³/mol. The molecule has 3 heterocycles. The molecule has 0 unspecified atom stereocenters. The third-order valence-corrected chi connectivity index (χ3v) is 5.00. The third kappa shape index (κ3) is 3.19. The number of carbonyl (C=O) groups excluding carboxylic acids is 1. The number of esters is 1. The van der Waals surface area contributed by atoms with Gasteiger partial charge in [-0.05, 0) is 35.2 Å². The molecule has 122 valence electrons. The van der Waals surface area contributed by atoms with E-state index in [1.807, 2.05) is 0 Å². The Hall–Kier alpha value is -1.65. The van der Waals surface area contributed by atoms with Gasteiger partial charge in [-0.3, -0.25) is 0 Å². The molecule has 0 bridgehead atoms. The number of terminal acetylenes is 1. The highest BCUT2D eigenvalue weighted by Gasteiger charge is 2.42. The van der Waals surface area contributed by atoms with Gasteiger partial charge in [-0.1, -0.05) is 5.92 Å². The van der Waals surface area contributed by atoms with Gasteiger partial charge in [0.05, 0.1) is 19.9 Å². The number of anilines is 1. The van der Waals surface area contributed by atoms with Crippen molar-refractivity contribution in [2.24, 2.45) is 5.41 Å². The minimum atomic E-state index is -0.481. The summed E-state index contributed by atoms with van der Waals surface area (Å²) in [6.07, 6.45) is 9.83. The van der Waals surface area contributed by atoms with Crippen LogP contribution in [0.5, 0.6) is 0 Å². The molecule has 0 radical (unpaired) electrons. The van der Waals surface area contributed by atoms with Crippen LogP contribution in [-0.2, 0) is 9.47 Å². The number of halogens is 1. The van der Waals surface area contributed by atoms with Crippen molar-refractivity contribution in [3.63, 3.8) is 0 Å². The Labute approximate surface area is 143 Å². The Bertz CT molecular complexity index is 650. The molecule has 7 heteroatoms. The molecule has 1 spiro atoms. The highest BCUT2D eigenvalue weighted by molar-refractivity contribution is 9.10. The van der Waals surface area contributed by atoms with Gasteiger partial charge in [0, 0.05) is 18.5 Å². The molecule has 0 N–H and O–H groups in total. The number of piperidine rings is 1. The van der Waals surface area contributed by atoms with Crippen LogP contribution in [0.2, 0.25) is 0 Å². The molecule has 2 fully saturated rings. The number of rotatable bonds is 2. The van der Waals surface area contributed by atoms with Crippen molar-refractivity contribution >= 4 is 27.7 Å². The zero-order valence-corrected chi connectivity index (χ0v) is 14.5. The molecule has 6 nitrogen and oxygen atoms in total. The van der Waals surface area contributed by atoms with Gasteiger partial charge in [0.25, 0.3) is 0 Å². The Kier molecular flexibility index (Phi) is 4.55. The topological polar surface area (TPSA) is 64.6 Å². The number of carbonyl (C=O) groups is 1. The summed E-state index contributed by atoms with van der Waals surface area (Å²) in [5.74, 6) is 2.78. The third-order valence-electron chi connectivity index (χ3n) is 4.62. The van der Waals surface area contributed by atoms with Crippen molar-refractivity contribution in [2.45, 2.75) is 25.4 Å². The van der Waals surface area contributed by atoms with Gasteiger partial charge in [0.2, 0.25) is 0 Å². The van der Waals surface area contributed by atoms with E-state index in [1.165, 1.54) is 7.11 Å². The van der Waals surface area contributed by atoms with Gasteiger partial charge in [-0.15, -0.1) is 6.42 Å². The smallest absolute Gasteiger partial charge is 0.360 e. The lowest BCUT2D eigenvalue weighted by molar-refractivity contribution is 0.0593. The maximum absolute atomic E-state index is 11.9. The lowest BCUT2D eigenvalue weighted by Crippen LogP contribution is -2.41. The number of nitrogens with zero attached hydrogens (tertiary/aromatic N) is 3. The SMILES string of the molecule is C#C[C@H]1CC2(CCN(c3ncc(Br)nc3C(=O)OC)CC2)CO1. The van der Waals surface area contributed by atoms with Crippen LogP contribution in [0.15, 0.2) is 10.8 Å². The molecule has 0 saturated carbocycles. The van der Waals surface area contributed by atoms with Gasteiger partial charge in [0.1, 0.15) is 10.7 Å². The van der Waals surface area contributed by atoms with Crippen LogP contribution in [0.25, 0.3) is 0 Å². The second-order valence-corrected chi connectivity index (χ2v) is 6.83. The van der Waals surface area contributed by atoms with E-state index in [-0.39, 0.29) is 17.2 Å². The van der Waals surface area contributed by atoms with Crippen molar-refractivity contribution < 1.29 is 14.3 Å². The maximum Gasteiger partial charge on any atom is 0.360 e. The van der Waals surface area contributed by atoms with Crippen molar-refractivity contribution in [3.05, 3.63) is 16.5 Å². The molecule has 3 rings (SSSR count). The average molecular weight is 380 g/mol. The van der Waals surface area contributed by atoms with Crippen LogP contribution < -0.4 is 4.90 Å². The summed E-state index contributed by atoms with van der Waals surface area (Å²) in [4.78, 5) is 22.6. The summed E-state index contributed by atoms with van der Waals surface area (Å²) < 4.78 is 11.0. The van der Waals surface area contributed by atoms with Crippen LogP contribution in [0.4, 0.5) is 5.82 Å². The van der Waals surface area contributed by atoms with Crippen molar-refractivity contribution in [1.29, 1.82) is 0 Å². The summed E-state index contributed by atoms with van der Waals surface area (Å²) >= 11 is 3.25. The number of ether oxygens (including phenoxy) is 2. The van der Waals surface area contributed by atoms with E-state index in [0.29, 0.717) is 17.0 Å². The minimum absolute atomic E-state index is 0.0698. The fourth-order valence-corrected chi connectivity index (χ4v) is 3.54. The molecular formula is C16H18BrN3O3. The normalized spacial score (nSPS) is 22.8. The molecule has 0 aliphatic carbocycles. The first-order valence-electron chi connectivity index (χ1n) is 7.50. The second-order valence-electron chi connectivity index (χ2n) is 6.01. The number of aromatic nitrogens is 2. The van der Waals surface area contributed by atoms with Crippen molar-refractivity contribution in [3.8, 4) is 12.3 Å². The highest BCUT2D eigenvalue weighted by atomic mass is 79.9. The van der Waals surface area contributed by atoms with Crippen molar-refractivity contribution in [1.82, 2.24) is 9.97 Å². The Morgan fingerprint density at radius 2 is 2.30 bits per heavy atom. The molecule has 0 aromatic carbocycles. The summed E-state index contributed by atoms with van der Waals surface area (Å²) in [5, 5.41) is 0. The van der Waals surface area contributed by atoms with E-state index in [4.69, 9.17) is 15.9 Å². The van der Waals surface area contributed by atoms with Crippen LogP contribution in [0.3, 0.4) is 0 Å². The number of hydrogen-bond acceptors (Lipinski definition) is 6. The standard InChI is InChI=1S/C16H18BrN3O3/c1-3-11-8-16(10-23-11)4-6-20(7-5-16)14-13(15(21)22-2)19-12(17)9-18-14/h1,9,11H,4-8,10H2,2H3/t11-/m0/s1. The van der Waals surface area contributed by atoms with Gasteiger partial charge in [0.15, 0.2) is 11.5 Å². The van der Waals surface area contributed by atoms with Crippen molar-refractivity contribution in [2.75, 3.05) is 31.7 Å². The summed E-state index contributed by atoms with van der Waals surface area (Å²) in [6, 6.07) is 0. The fourth-order valence-electron chi connectivity index (χ4n) is 3.26. The molecule has 2 aliphatic heterocycles. The molecule has 1 atom stereocenters. The van der Waals surface area contributed by atoms with E-state index in [0.717, 1.165) is 32.4 Å². The first-order chi connectivity index (χ1) is 11.1. The van der Waals surface area contributed by atoms with E-state index < -0.39 is 5.97 Å². The van der Waals surface area contributed by atoms with Gasteiger partial charge < -0.3 is 14.4 Å². The highest BCUT2D eigenvalue weighted by Crippen LogP contribution is 2.42. The Balaban J connectivity index is 1.76. The first kappa shape index (κ1) is 16.2.